The number of ether oxygens (including phenoxy) is 1. The van der Waals surface area contributed by atoms with E-state index in [0.29, 0.717) is 25.5 Å². The second kappa shape index (κ2) is 9.62. The van der Waals surface area contributed by atoms with Crippen molar-refractivity contribution in [2.75, 3.05) is 31.6 Å². The molecule has 11 heteroatoms. The molecule has 1 saturated heterocycles. The molecule has 0 bridgehead atoms. The Morgan fingerprint density at radius 1 is 1.27 bits per heavy atom. The third kappa shape index (κ3) is 5.26. The van der Waals surface area contributed by atoms with E-state index >= 15 is 0 Å². The Labute approximate surface area is 192 Å². The quantitative estimate of drug-likeness (QED) is 0.554. The van der Waals surface area contributed by atoms with Crippen LogP contribution in [0.3, 0.4) is 0 Å². The maximum absolute atomic E-state index is 14.1. The standard InChI is InChI=1S/C22H23F3N4O3S/c1-13-3-4-16(26-20(30)15-5-8-32-12-15)18(19(13)22(23,24)25)21-27-17(28-33-21)11-14(2)29-6-9-31-10-7-29/h3-5,8,12,14H,6-7,9-11H2,1-2H3,(H,26,30). The van der Waals surface area contributed by atoms with Gasteiger partial charge in [-0.2, -0.15) is 17.5 Å². The molecule has 0 saturated carbocycles. The monoisotopic (exact) mass is 480 g/mol. The summed E-state index contributed by atoms with van der Waals surface area (Å²) in [4.78, 5) is 19.2. The lowest BCUT2D eigenvalue weighted by Gasteiger charge is -2.31. The van der Waals surface area contributed by atoms with E-state index in [9.17, 15) is 18.0 Å². The fourth-order valence-corrected chi connectivity index (χ4v) is 4.59. The summed E-state index contributed by atoms with van der Waals surface area (Å²) in [6.45, 7) is 6.31. The molecule has 3 heterocycles. The first-order valence-electron chi connectivity index (χ1n) is 10.4. The van der Waals surface area contributed by atoms with Crippen molar-refractivity contribution in [3.8, 4) is 10.6 Å². The average molecular weight is 481 g/mol. The Morgan fingerprint density at radius 2 is 2.03 bits per heavy atom. The number of amides is 1. The molecule has 3 aromatic rings. The lowest BCUT2D eigenvalue weighted by Crippen LogP contribution is -2.43. The molecule has 0 spiro atoms. The van der Waals surface area contributed by atoms with E-state index < -0.39 is 17.6 Å². The Balaban J connectivity index is 1.68. The van der Waals surface area contributed by atoms with E-state index in [-0.39, 0.29) is 33.4 Å². The molecule has 1 amide bonds. The predicted octanol–water partition coefficient (Wildman–Crippen LogP) is 4.64. The fraction of sp³-hybridized carbons (Fsp3) is 0.409. The van der Waals surface area contributed by atoms with Crippen molar-refractivity contribution in [1.82, 2.24) is 14.3 Å². The summed E-state index contributed by atoms with van der Waals surface area (Å²) >= 11 is 0.895. The van der Waals surface area contributed by atoms with Gasteiger partial charge in [-0.1, -0.05) is 6.07 Å². The van der Waals surface area contributed by atoms with Crippen molar-refractivity contribution in [2.24, 2.45) is 0 Å². The number of carbonyl (C=O) groups is 1. The number of aryl methyl sites for hydroxylation is 1. The highest BCUT2D eigenvalue weighted by Crippen LogP contribution is 2.43. The number of rotatable bonds is 6. The summed E-state index contributed by atoms with van der Waals surface area (Å²) < 4.78 is 56.8. The van der Waals surface area contributed by atoms with Crippen molar-refractivity contribution in [3.05, 3.63) is 53.2 Å². The first kappa shape index (κ1) is 23.4. The summed E-state index contributed by atoms with van der Waals surface area (Å²) in [6, 6.07) is 4.34. The molecule has 0 radical (unpaired) electrons. The van der Waals surface area contributed by atoms with Crippen LogP contribution in [-0.4, -0.2) is 52.5 Å². The number of hydrogen-bond acceptors (Lipinski definition) is 7. The molecule has 1 aliphatic rings. The molecule has 1 N–H and O–H groups in total. The third-order valence-corrected chi connectivity index (χ3v) is 6.33. The minimum Gasteiger partial charge on any atom is -0.472 e. The maximum atomic E-state index is 14.1. The number of carbonyl (C=O) groups excluding carboxylic acids is 1. The van der Waals surface area contributed by atoms with E-state index in [2.05, 4.69) is 19.6 Å². The van der Waals surface area contributed by atoms with E-state index in [4.69, 9.17) is 9.15 Å². The van der Waals surface area contributed by atoms with E-state index in [1.807, 2.05) is 6.92 Å². The number of halogens is 3. The van der Waals surface area contributed by atoms with Crippen molar-refractivity contribution >= 4 is 23.1 Å². The second-order valence-corrected chi connectivity index (χ2v) is 8.61. The van der Waals surface area contributed by atoms with Crippen LogP contribution in [-0.2, 0) is 17.3 Å². The molecule has 1 aliphatic heterocycles. The van der Waals surface area contributed by atoms with Gasteiger partial charge in [-0.05, 0) is 43.1 Å². The first-order valence-corrected chi connectivity index (χ1v) is 11.2. The summed E-state index contributed by atoms with van der Waals surface area (Å²) in [5.41, 5.74) is -0.758. The highest BCUT2D eigenvalue weighted by atomic mass is 32.1. The lowest BCUT2D eigenvalue weighted by atomic mass is 9.99. The van der Waals surface area contributed by atoms with Crippen LogP contribution in [0.15, 0.2) is 35.1 Å². The van der Waals surface area contributed by atoms with Gasteiger partial charge in [0.2, 0.25) is 0 Å². The molecular formula is C22H23F3N4O3S. The Kier molecular flexibility index (Phi) is 6.82. The number of alkyl halides is 3. The smallest absolute Gasteiger partial charge is 0.417 e. The van der Waals surface area contributed by atoms with Gasteiger partial charge >= 0.3 is 6.18 Å². The van der Waals surface area contributed by atoms with Crippen molar-refractivity contribution in [3.63, 3.8) is 0 Å². The van der Waals surface area contributed by atoms with E-state index in [1.165, 1.54) is 37.6 Å². The lowest BCUT2D eigenvalue weighted by molar-refractivity contribution is -0.137. The minimum atomic E-state index is -4.64. The number of morpholine rings is 1. The molecule has 1 unspecified atom stereocenters. The molecule has 0 aliphatic carbocycles. The first-order chi connectivity index (χ1) is 15.7. The van der Waals surface area contributed by atoms with Gasteiger partial charge in [-0.15, -0.1) is 0 Å². The molecular weight excluding hydrogens is 457 g/mol. The SMILES string of the molecule is Cc1ccc(NC(=O)c2ccoc2)c(-c2nc(CC(C)N3CCOCC3)ns2)c1C(F)(F)F. The average Bonchev–Trinajstić information content (AvgIpc) is 3.47. The molecule has 7 nitrogen and oxygen atoms in total. The third-order valence-electron chi connectivity index (χ3n) is 5.56. The highest BCUT2D eigenvalue weighted by molar-refractivity contribution is 7.09. The number of anilines is 1. The van der Waals surface area contributed by atoms with Crippen LogP contribution >= 0.6 is 11.5 Å². The second-order valence-electron chi connectivity index (χ2n) is 7.86. The van der Waals surface area contributed by atoms with E-state index in [1.54, 1.807) is 0 Å². The van der Waals surface area contributed by atoms with Crippen molar-refractivity contribution < 1.29 is 27.1 Å². The summed E-state index contributed by atoms with van der Waals surface area (Å²) in [5, 5.41) is 2.68. The van der Waals surface area contributed by atoms with Crippen LogP contribution < -0.4 is 5.32 Å². The summed E-state index contributed by atoms with van der Waals surface area (Å²) in [6.07, 6.45) is -1.59. The molecule has 4 rings (SSSR count). The Hall–Kier alpha value is -2.76. The van der Waals surface area contributed by atoms with Gasteiger partial charge in [-0.25, -0.2) is 4.98 Å². The van der Waals surface area contributed by atoms with Crippen molar-refractivity contribution in [1.29, 1.82) is 0 Å². The number of nitrogens with one attached hydrogen (secondary N) is 1. The van der Waals surface area contributed by atoms with Crippen LogP contribution in [0.4, 0.5) is 18.9 Å². The van der Waals surface area contributed by atoms with E-state index in [0.717, 1.165) is 24.6 Å². The van der Waals surface area contributed by atoms with Gasteiger partial charge in [0.1, 0.15) is 17.1 Å². The zero-order valence-electron chi connectivity index (χ0n) is 18.1. The summed E-state index contributed by atoms with van der Waals surface area (Å²) in [7, 11) is 0. The van der Waals surface area contributed by atoms with Crippen molar-refractivity contribution in [2.45, 2.75) is 32.5 Å². The van der Waals surface area contributed by atoms with Crippen LogP contribution in [0.25, 0.3) is 10.6 Å². The molecule has 33 heavy (non-hydrogen) atoms. The summed E-state index contributed by atoms with van der Waals surface area (Å²) in [5.74, 6) is -0.108. The van der Waals surface area contributed by atoms with Crippen LogP contribution in [0.1, 0.15) is 34.2 Å². The predicted molar refractivity (Wildman–Crippen MR) is 117 cm³/mol. The Bertz CT molecular complexity index is 1110. The van der Waals surface area contributed by atoms with Gasteiger partial charge in [0.25, 0.3) is 5.91 Å². The number of benzene rings is 1. The van der Waals surface area contributed by atoms with Gasteiger partial charge in [0.15, 0.2) is 0 Å². The molecule has 1 aromatic carbocycles. The van der Waals surface area contributed by atoms with Crippen LogP contribution in [0.2, 0.25) is 0 Å². The van der Waals surface area contributed by atoms with Gasteiger partial charge in [-0.3, -0.25) is 9.69 Å². The number of nitrogens with zero attached hydrogens (tertiary/aromatic N) is 3. The number of furan rings is 1. The normalized spacial score (nSPS) is 16.0. The number of aromatic nitrogens is 2. The molecule has 2 aromatic heterocycles. The Morgan fingerprint density at radius 3 is 2.70 bits per heavy atom. The minimum absolute atomic E-state index is 0.0167. The highest BCUT2D eigenvalue weighted by Gasteiger charge is 2.38. The molecule has 176 valence electrons. The van der Waals surface area contributed by atoms with Gasteiger partial charge < -0.3 is 14.5 Å². The molecule has 1 fully saturated rings. The largest absolute Gasteiger partial charge is 0.472 e. The zero-order chi connectivity index (χ0) is 23.6. The van der Waals surface area contributed by atoms with Gasteiger partial charge in [0, 0.05) is 31.1 Å². The fourth-order valence-electron chi connectivity index (χ4n) is 3.84. The number of hydrogen-bond donors (Lipinski definition) is 1. The topological polar surface area (TPSA) is 80.5 Å². The van der Waals surface area contributed by atoms with Crippen LogP contribution in [0.5, 0.6) is 0 Å². The van der Waals surface area contributed by atoms with Crippen LogP contribution in [0, 0.1) is 6.92 Å². The van der Waals surface area contributed by atoms with Gasteiger partial charge in [0.05, 0.1) is 36.3 Å². The molecule has 1 atom stereocenters. The maximum Gasteiger partial charge on any atom is 0.417 e. The zero-order valence-corrected chi connectivity index (χ0v) is 18.9.